The molecule has 0 aliphatic carbocycles. The number of carbonyl (C=O) groups excluding carboxylic acids is 1. The van der Waals surface area contributed by atoms with E-state index in [4.69, 9.17) is 4.74 Å². The first-order chi connectivity index (χ1) is 10.3. The van der Waals surface area contributed by atoms with Gasteiger partial charge in [0.2, 0.25) is 0 Å². The summed E-state index contributed by atoms with van der Waals surface area (Å²) in [5.41, 5.74) is 1.20. The van der Waals surface area contributed by atoms with E-state index in [-0.39, 0.29) is 11.6 Å². The molecule has 0 saturated carbocycles. The Kier molecular flexibility index (Phi) is 5.60. The zero-order valence-electron chi connectivity index (χ0n) is 11.7. The van der Waals surface area contributed by atoms with E-state index in [0.717, 1.165) is 5.56 Å². The molecular formula is C14H17N5O2. The maximum absolute atomic E-state index is 11.9. The Labute approximate surface area is 122 Å². The summed E-state index contributed by atoms with van der Waals surface area (Å²) in [6, 6.07) is 3.71. The van der Waals surface area contributed by atoms with Crippen molar-refractivity contribution in [1.82, 2.24) is 20.3 Å². The number of hydrogen-bond acceptors (Lipinski definition) is 6. The maximum Gasteiger partial charge on any atom is 0.271 e. The zero-order chi connectivity index (χ0) is 14.9. The molecule has 2 aromatic heterocycles. The summed E-state index contributed by atoms with van der Waals surface area (Å²) in [7, 11) is 1.63. The molecule has 2 rings (SSSR count). The molecule has 0 atom stereocenters. The molecule has 21 heavy (non-hydrogen) atoms. The number of aromatic nitrogens is 3. The van der Waals surface area contributed by atoms with Gasteiger partial charge in [0.05, 0.1) is 19.0 Å². The summed E-state index contributed by atoms with van der Waals surface area (Å²) < 4.78 is 4.92. The third-order valence-electron chi connectivity index (χ3n) is 2.67. The van der Waals surface area contributed by atoms with Crippen molar-refractivity contribution in [3.05, 3.63) is 48.2 Å². The average Bonchev–Trinajstić information content (AvgIpc) is 2.54. The fraction of sp³-hybridized carbons (Fsp3) is 0.286. The predicted molar refractivity (Wildman–Crippen MR) is 77.8 cm³/mol. The number of amides is 1. The van der Waals surface area contributed by atoms with Crippen LogP contribution < -0.4 is 10.6 Å². The number of nitrogens with one attached hydrogen (secondary N) is 2. The van der Waals surface area contributed by atoms with E-state index in [1.165, 1.54) is 12.4 Å². The van der Waals surface area contributed by atoms with Crippen LogP contribution in [0.4, 0.5) is 5.82 Å². The predicted octanol–water partition coefficient (Wildman–Crippen LogP) is 0.860. The van der Waals surface area contributed by atoms with Crippen molar-refractivity contribution >= 4 is 11.7 Å². The van der Waals surface area contributed by atoms with Gasteiger partial charge < -0.3 is 15.4 Å². The van der Waals surface area contributed by atoms with Crippen molar-refractivity contribution in [3.63, 3.8) is 0 Å². The minimum Gasteiger partial charge on any atom is -0.383 e. The Morgan fingerprint density at radius 3 is 2.86 bits per heavy atom. The number of methoxy groups -OCH3 is 1. The second kappa shape index (κ2) is 7.91. The monoisotopic (exact) mass is 287 g/mol. The van der Waals surface area contributed by atoms with Gasteiger partial charge >= 0.3 is 0 Å². The molecule has 0 unspecified atom stereocenters. The number of rotatable bonds is 7. The van der Waals surface area contributed by atoms with Crippen molar-refractivity contribution in [3.8, 4) is 0 Å². The van der Waals surface area contributed by atoms with Crippen molar-refractivity contribution in [2.75, 3.05) is 25.6 Å². The molecule has 2 heterocycles. The normalized spacial score (nSPS) is 10.1. The van der Waals surface area contributed by atoms with Gasteiger partial charge in [0, 0.05) is 32.6 Å². The van der Waals surface area contributed by atoms with Gasteiger partial charge in [-0.1, -0.05) is 6.07 Å². The van der Waals surface area contributed by atoms with Crippen LogP contribution in [0.5, 0.6) is 0 Å². The van der Waals surface area contributed by atoms with E-state index in [1.54, 1.807) is 19.5 Å². The van der Waals surface area contributed by atoms with Crippen molar-refractivity contribution in [1.29, 1.82) is 0 Å². The minimum absolute atomic E-state index is 0.269. The van der Waals surface area contributed by atoms with Crippen LogP contribution in [0, 0.1) is 0 Å². The average molecular weight is 287 g/mol. The van der Waals surface area contributed by atoms with Crippen LogP contribution >= 0.6 is 0 Å². The molecule has 0 spiro atoms. The van der Waals surface area contributed by atoms with Crippen LogP contribution in [0.25, 0.3) is 0 Å². The number of anilines is 1. The standard InChI is InChI=1S/C14H17N5O2/c1-21-6-5-16-13-10-17-12(9-18-13)14(20)19-8-11-3-2-4-15-7-11/h2-4,7,9-10H,5-6,8H2,1H3,(H,16,18)(H,19,20). The van der Waals surface area contributed by atoms with Gasteiger partial charge in [-0.2, -0.15) is 0 Å². The lowest BCUT2D eigenvalue weighted by atomic mass is 10.3. The van der Waals surface area contributed by atoms with Crippen LogP contribution in [-0.2, 0) is 11.3 Å². The molecule has 1 amide bonds. The van der Waals surface area contributed by atoms with Gasteiger partial charge in [0.25, 0.3) is 5.91 Å². The lowest BCUT2D eigenvalue weighted by Gasteiger charge is -2.06. The highest BCUT2D eigenvalue weighted by molar-refractivity contribution is 5.91. The number of carbonyl (C=O) groups is 1. The molecule has 2 aromatic rings. The summed E-state index contributed by atoms with van der Waals surface area (Å²) in [4.78, 5) is 24.1. The number of pyridine rings is 1. The summed E-state index contributed by atoms with van der Waals surface area (Å²) in [5.74, 6) is 0.339. The zero-order valence-corrected chi connectivity index (χ0v) is 11.7. The first-order valence-electron chi connectivity index (χ1n) is 6.51. The van der Waals surface area contributed by atoms with Gasteiger partial charge in [-0.25, -0.2) is 9.97 Å². The Bertz CT molecular complexity index is 559. The van der Waals surface area contributed by atoms with E-state index in [2.05, 4.69) is 25.6 Å². The van der Waals surface area contributed by atoms with E-state index in [0.29, 0.717) is 25.5 Å². The third-order valence-corrected chi connectivity index (χ3v) is 2.67. The molecule has 7 nitrogen and oxygen atoms in total. The highest BCUT2D eigenvalue weighted by atomic mass is 16.5. The smallest absolute Gasteiger partial charge is 0.271 e. The van der Waals surface area contributed by atoms with Gasteiger partial charge in [-0.3, -0.25) is 9.78 Å². The van der Waals surface area contributed by atoms with E-state index in [1.807, 2.05) is 12.1 Å². The van der Waals surface area contributed by atoms with Gasteiger partial charge in [0.1, 0.15) is 11.5 Å². The molecular weight excluding hydrogens is 270 g/mol. The topological polar surface area (TPSA) is 89.0 Å². The Hall–Kier alpha value is -2.54. The molecule has 0 aliphatic heterocycles. The molecule has 0 fully saturated rings. The highest BCUT2D eigenvalue weighted by Gasteiger charge is 2.07. The first-order valence-corrected chi connectivity index (χ1v) is 6.51. The summed E-state index contributed by atoms with van der Waals surface area (Å²) in [6.07, 6.45) is 6.35. The molecule has 2 N–H and O–H groups in total. The van der Waals surface area contributed by atoms with Gasteiger partial charge in [-0.15, -0.1) is 0 Å². The van der Waals surface area contributed by atoms with E-state index >= 15 is 0 Å². The lowest BCUT2D eigenvalue weighted by molar-refractivity contribution is 0.0945. The quantitative estimate of drug-likeness (QED) is 0.734. The third kappa shape index (κ3) is 4.81. The summed E-state index contributed by atoms with van der Waals surface area (Å²) in [6.45, 7) is 1.62. The molecule has 110 valence electrons. The van der Waals surface area contributed by atoms with E-state index in [9.17, 15) is 4.79 Å². The van der Waals surface area contributed by atoms with Crippen molar-refractivity contribution in [2.45, 2.75) is 6.54 Å². The molecule has 7 heteroatoms. The summed E-state index contributed by atoms with van der Waals surface area (Å²) >= 11 is 0. The van der Waals surface area contributed by atoms with Gasteiger partial charge in [0.15, 0.2) is 0 Å². The fourth-order valence-corrected chi connectivity index (χ4v) is 1.59. The molecule has 0 saturated heterocycles. The van der Waals surface area contributed by atoms with Gasteiger partial charge in [-0.05, 0) is 11.6 Å². The Morgan fingerprint density at radius 1 is 1.29 bits per heavy atom. The van der Waals surface area contributed by atoms with Crippen LogP contribution in [-0.4, -0.2) is 41.1 Å². The molecule has 0 aromatic carbocycles. The van der Waals surface area contributed by atoms with E-state index < -0.39 is 0 Å². The second-order valence-corrected chi connectivity index (χ2v) is 4.25. The fourth-order valence-electron chi connectivity index (χ4n) is 1.59. The number of nitrogens with zero attached hydrogens (tertiary/aromatic N) is 3. The lowest BCUT2D eigenvalue weighted by Crippen LogP contribution is -2.24. The second-order valence-electron chi connectivity index (χ2n) is 4.25. The Morgan fingerprint density at radius 2 is 2.19 bits per heavy atom. The SMILES string of the molecule is COCCNc1cnc(C(=O)NCc2cccnc2)cn1. The Balaban J connectivity index is 1.85. The molecule has 0 radical (unpaired) electrons. The van der Waals surface area contributed by atoms with Crippen LogP contribution in [0.3, 0.4) is 0 Å². The van der Waals surface area contributed by atoms with Crippen molar-refractivity contribution < 1.29 is 9.53 Å². The largest absolute Gasteiger partial charge is 0.383 e. The van der Waals surface area contributed by atoms with Crippen LogP contribution in [0.2, 0.25) is 0 Å². The van der Waals surface area contributed by atoms with Crippen molar-refractivity contribution in [2.24, 2.45) is 0 Å². The molecule has 0 aliphatic rings. The number of hydrogen-bond donors (Lipinski definition) is 2. The van der Waals surface area contributed by atoms with Crippen LogP contribution in [0.1, 0.15) is 16.1 Å². The number of ether oxygens (including phenoxy) is 1. The molecule has 0 bridgehead atoms. The minimum atomic E-state index is -0.269. The highest BCUT2D eigenvalue weighted by Crippen LogP contribution is 2.01. The maximum atomic E-state index is 11.9. The summed E-state index contributed by atoms with van der Waals surface area (Å²) in [5, 5.41) is 5.80. The first kappa shape index (κ1) is 14.9. The van der Waals surface area contributed by atoms with Crippen LogP contribution in [0.15, 0.2) is 36.9 Å².